The molecule has 0 aromatic heterocycles. The van der Waals surface area contributed by atoms with E-state index >= 15 is 0 Å². The summed E-state index contributed by atoms with van der Waals surface area (Å²) in [5, 5.41) is 9.36. The predicted molar refractivity (Wildman–Crippen MR) is 74.9 cm³/mol. The molecule has 2 heterocycles. The van der Waals surface area contributed by atoms with Crippen molar-refractivity contribution in [2.24, 2.45) is 5.92 Å². The molecule has 0 radical (unpaired) electrons. The van der Waals surface area contributed by atoms with Crippen molar-refractivity contribution in [1.29, 1.82) is 0 Å². The first kappa shape index (κ1) is 14.4. The van der Waals surface area contributed by atoms with E-state index in [-0.39, 0.29) is 23.8 Å². The van der Waals surface area contributed by atoms with E-state index in [2.05, 4.69) is 16.0 Å². The summed E-state index contributed by atoms with van der Waals surface area (Å²) in [6.07, 6.45) is 0.791. The number of amides is 1. The van der Waals surface area contributed by atoms with Gasteiger partial charge in [-0.3, -0.25) is 4.79 Å². The van der Waals surface area contributed by atoms with Crippen molar-refractivity contribution in [2.45, 2.75) is 18.4 Å². The number of carbonyl (C=O) groups is 1. The number of halogens is 2. The third kappa shape index (κ3) is 3.06. The number of carbonyl (C=O) groups excluding carboxylic acids is 1. The molecule has 0 bridgehead atoms. The van der Waals surface area contributed by atoms with E-state index in [4.69, 9.17) is 0 Å². The second-order valence-corrected chi connectivity index (χ2v) is 5.74. The van der Waals surface area contributed by atoms with Gasteiger partial charge in [0.05, 0.1) is 5.92 Å². The molecule has 6 heteroatoms. The summed E-state index contributed by atoms with van der Waals surface area (Å²) in [6.45, 7) is 2.88. The average Bonchev–Trinajstić information content (AvgIpc) is 2.40. The van der Waals surface area contributed by atoms with Crippen molar-refractivity contribution in [1.82, 2.24) is 16.0 Å². The van der Waals surface area contributed by atoms with Gasteiger partial charge in [0.2, 0.25) is 5.91 Å². The van der Waals surface area contributed by atoms with E-state index in [1.54, 1.807) is 6.07 Å². The summed E-state index contributed by atoms with van der Waals surface area (Å²) < 4.78 is 26.5. The molecule has 0 aliphatic carbocycles. The Bertz CT molecular complexity index is 534. The standard InChI is InChI=1S/C15H19F2N3O/c16-12-2-1-9(5-13(12)17)11-3-4-18-8-14(11)20-15(21)10-6-19-7-10/h1-2,5,10-11,14,18-19H,3-4,6-8H2,(H,20,21). The van der Waals surface area contributed by atoms with Crippen LogP contribution in [0, 0.1) is 17.6 Å². The van der Waals surface area contributed by atoms with Crippen LogP contribution in [-0.2, 0) is 4.79 Å². The van der Waals surface area contributed by atoms with Crippen molar-refractivity contribution in [3.8, 4) is 0 Å². The first-order valence-electron chi connectivity index (χ1n) is 7.32. The molecule has 2 saturated heterocycles. The van der Waals surface area contributed by atoms with Crippen LogP contribution in [0.3, 0.4) is 0 Å². The molecule has 3 N–H and O–H groups in total. The number of rotatable bonds is 3. The quantitative estimate of drug-likeness (QED) is 0.771. The maximum atomic E-state index is 13.4. The molecular weight excluding hydrogens is 276 g/mol. The highest BCUT2D eigenvalue weighted by molar-refractivity contribution is 5.80. The van der Waals surface area contributed by atoms with E-state index in [0.717, 1.165) is 24.6 Å². The summed E-state index contributed by atoms with van der Waals surface area (Å²) in [7, 11) is 0. The van der Waals surface area contributed by atoms with Crippen LogP contribution in [0.1, 0.15) is 17.9 Å². The molecule has 4 nitrogen and oxygen atoms in total. The number of hydrogen-bond acceptors (Lipinski definition) is 3. The summed E-state index contributed by atoms with van der Waals surface area (Å²) in [5.74, 6) is -1.60. The molecule has 1 aromatic carbocycles. The molecule has 2 fully saturated rings. The molecule has 2 unspecified atom stereocenters. The van der Waals surface area contributed by atoms with Crippen LogP contribution in [-0.4, -0.2) is 38.1 Å². The van der Waals surface area contributed by atoms with Crippen molar-refractivity contribution >= 4 is 5.91 Å². The highest BCUT2D eigenvalue weighted by Crippen LogP contribution is 2.27. The van der Waals surface area contributed by atoms with Gasteiger partial charge in [0.25, 0.3) is 0 Å². The lowest BCUT2D eigenvalue weighted by Gasteiger charge is -2.35. The minimum Gasteiger partial charge on any atom is -0.351 e. The minimum absolute atomic E-state index is 0.0123. The number of piperidine rings is 1. The Morgan fingerprint density at radius 3 is 2.62 bits per heavy atom. The molecule has 1 aromatic rings. The number of hydrogen-bond donors (Lipinski definition) is 3. The topological polar surface area (TPSA) is 53.2 Å². The van der Waals surface area contributed by atoms with Crippen molar-refractivity contribution in [3.63, 3.8) is 0 Å². The van der Waals surface area contributed by atoms with Crippen LogP contribution < -0.4 is 16.0 Å². The van der Waals surface area contributed by atoms with Crippen LogP contribution in [0.25, 0.3) is 0 Å². The zero-order valence-electron chi connectivity index (χ0n) is 11.7. The zero-order chi connectivity index (χ0) is 14.8. The van der Waals surface area contributed by atoms with Gasteiger partial charge in [0, 0.05) is 31.6 Å². The van der Waals surface area contributed by atoms with Crippen LogP contribution in [0.4, 0.5) is 8.78 Å². The van der Waals surface area contributed by atoms with Gasteiger partial charge in [-0.05, 0) is 30.7 Å². The highest BCUT2D eigenvalue weighted by Gasteiger charge is 2.32. The Hall–Kier alpha value is -1.53. The summed E-state index contributed by atoms with van der Waals surface area (Å²) >= 11 is 0. The predicted octanol–water partition coefficient (Wildman–Crippen LogP) is 0.746. The smallest absolute Gasteiger partial charge is 0.225 e. The Labute approximate surface area is 122 Å². The van der Waals surface area contributed by atoms with Gasteiger partial charge in [-0.1, -0.05) is 6.07 Å². The third-order valence-corrected chi connectivity index (χ3v) is 4.33. The lowest BCUT2D eigenvalue weighted by molar-refractivity contribution is -0.127. The van der Waals surface area contributed by atoms with E-state index in [0.29, 0.717) is 19.6 Å². The highest BCUT2D eigenvalue weighted by atomic mass is 19.2. The summed E-state index contributed by atoms with van der Waals surface area (Å²) in [6, 6.07) is 3.92. The largest absolute Gasteiger partial charge is 0.351 e. The van der Waals surface area contributed by atoms with Crippen LogP contribution >= 0.6 is 0 Å². The molecule has 0 saturated carbocycles. The molecule has 2 atom stereocenters. The fourth-order valence-electron chi connectivity index (χ4n) is 2.93. The molecule has 1 amide bonds. The second-order valence-electron chi connectivity index (χ2n) is 5.74. The van der Waals surface area contributed by atoms with Gasteiger partial charge in [0.15, 0.2) is 11.6 Å². The van der Waals surface area contributed by atoms with Crippen LogP contribution in [0.2, 0.25) is 0 Å². The third-order valence-electron chi connectivity index (χ3n) is 4.33. The van der Waals surface area contributed by atoms with Gasteiger partial charge in [-0.15, -0.1) is 0 Å². The van der Waals surface area contributed by atoms with Gasteiger partial charge in [-0.25, -0.2) is 8.78 Å². The Morgan fingerprint density at radius 2 is 1.95 bits per heavy atom. The lowest BCUT2D eigenvalue weighted by atomic mass is 9.85. The van der Waals surface area contributed by atoms with E-state index in [1.807, 2.05) is 0 Å². The van der Waals surface area contributed by atoms with Gasteiger partial charge < -0.3 is 16.0 Å². The van der Waals surface area contributed by atoms with Crippen molar-refractivity contribution < 1.29 is 13.6 Å². The van der Waals surface area contributed by atoms with Gasteiger partial charge in [-0.2, -0.15) is 0 Å². The van der Waals surface area contributed by atoms with Gasteiger partial charge >= 0.3 is 0 Å². The van der Waals surface area contributed by atoms with E-state index < -0.39 is 11.6 Å². The maximum absolute atomic E-state index is 13.4. The van der Waals surface area contributed by atoms with Gasteiger partial charge in [0.1, 0.15) is 0 Å². The summed E-state index contributed by atoms with van der Waals surface area (Å²) in [4.78, 5) is 12.1. The van der Waals surface area contributed by atoms with Crippen molar-refractivity contribution in [3.05, 3.63) is 35.4 Å². The minimum atomic E-state index is -0.839. The Kier molecular flexibility index (Phi) is 4.17. The Morgan fingerprint density at radius 1 is 1.14 bits per heavy atom. The monoisotopic (exact) mass is 295 g/mol. The first-order valence-corrected chi connectivity index (χ1v) is 7.32. The molecular formula is C15H19F2N3O. The van der Waals surface area contributed by atoms with E-state index in [1.165, 1.54) is 6.07 Å². The second kappa shape index (κ2) is 6.07. The van der Waals surface area contributed by atoms with Crippen LogP contribution in [0.15, 0.2) is 18.2 Å². The normalized spacial score (nSPS) is 26.2. The summed E-state index contributed by atoms with van der Waals surface area (Å²) in [5.41, 5.74) is 0.743. The lowest BCUT2D eigenvalue weighted by Crippen LogP contribution is -2.56. The Balaban J connectivity index is 1.73. The molecule has 3 rings (SSSR count). The van der Waals surface area contributed by atoms with E-state index in [9.17, 15) is 13.6 Å². The number of nitrogens with one attached hydrogen (secondary N) is 3. The fraction of sp³-hybridized carbons (Fsp3) is 0.533. The molecule has 0 spiro atoms. The number of benzene rings is 1. The van der Waals surface area contributed by atoms with Crippen LogP contribution in [0.5, 0.6) is 0 Å². The fourth-order valence-corrected chi connectivity index (χ4v) is 2.93. The molecule has 2 aliphatic rings. The zero-order valence-corrected chi connectivity index (χ0v) is 11.7. The maximum Gasteiger partial charge on any atom is 0.225 e. The molecule has 2 aliphatic heterocycles. The van der Waals surface area contributed by atoms with Crippen molar-refractivity contribution in [2.75, 3.05) is 26.2 Å². The average molecular weight is 295 g/mol. The molecule has 21 heavy (non-hydrogen) atoms. The SMILES string of the molecule is O=C(NC1CNCCC1c1ccc(F)c(F)c1)C1CNC1. The first-order chi connectivity index (χ1) is 10.1. The molecule has 114 valence electrons.